The zero-order valence-corrected chi connectivity index (χ0v) is 17.2. The molecule has 0 aliphatic rings. The minimum absolute atomic E-state index is 0.0402. The van der Waals surface area contributed by atoms with Gasteiger partial charge in [0.05, 0.1) is 38.4 Å². The van der Waals surface area contributed by atoms with E-state index in [1.165, 1.54) is 19.9 Å². The maximum absolute atomic E-state index is 11.0. The summed E-state index contributed by atoms with van der Waals surface area (Å²) in [7, 11) is 0. The molecule has 0 fully saturated rings. The highest BCUT2D eigenvalue weighted by molar-refractivity contribution is 5.87. The van der Waals surface area contributed by atoms with Crippen LogP contribution in [0.3, 0.4) is 0 Å². The molecule has 0 heterocycles. The highest BCUT2D eigenvalue weighted by Crippen LogP contribution is 2.29. The Labute approximate surface area is 170 Å². The highest BCUT2D eigenvalue weighted by Gasteiger charge is 2.33. The Morgan fingerprint density at radius 1 is 0.966 bits per heavy atom. The molecule has 10 nitrogen and oxygen atoms in total. The van der Waals surface area contributed by atoms with E-state index >= 15 is 0 Å². The summed E-state index contributed by atoms with van der Waals surface area (Å²) in [5, 5.41) is 62.8. The minimum atomic E-state index is -1.18. The predicted molar refractivity (Wildman–Crippen MR) is 104 cm³/mol. The van der Waals surface area contributed by atoms with Crippen molar-refractivity contribution in [3.8, 4) is 0 Å². The summed E-state index contributed by atoms with van der Waals surface area (Å²) < 4.78 is 4.72. The lowest BCUT2D eigenvalue weighted by molar-refractivity contribution is -0.146. The second-order valence-corrected chi connectivity index (χ2v) is 7.10. The Kier molecular flexibility index (Phi) is 14.4. The van der Waals surface area contributed by atoms with Crippen LogP contribution in [-0.2, 0) is 14.3 Å². The normalized spacial score (nSPS) is 13.2. The topological polar surface area (TPSA) is 185 Å². The Hall–Kier alpha value is -1.82. The number of carbonyl (C=O) groups excluding carboxylic acids is 1. The van der Waals surface area contributed by atoms with E-state index in [9.17, 15) is 19.8 Å². The van der Waals surface area contributed by atoms with Gasteiger partial charge >= 0.3 is 11.9 Å². The van der Waals surface area contributed by atoms with Crippen LogP contribution < -0.4 is 0 Å². The van der Waals surface area contributed by atoms with E-state index in [0.29, 0.717) is 0 Å². The van der Waals surface area contributed by atoms with Gasteiger partial charge in [0.2, 0.25) is 0 Å². The van der Waals surface area contributed by atoms with Crippen molar-refractivity contribution in [3.05, 3.63) is 23.8 Å². The summed E-state index contributed by atoms with van der Waals surface area (Å²) >= 11 is 0. The lowest BCUT2D eigenvalue weighted by atomic mass is 9.76. The number of aliphatic hydroxyl groups is 6. The number of aliphatic hydroxyl groups excluding tert-OH is 6. The summed E-state index contributed by atoms with van der Waals surface area (Å²) in [5.74, 6) is -2.13. The molecular weight excluding hydrogens is 388 g/mol. The molecule has 1 atom stereocenters. The molecular formula is C19H34O10. The minimum Gasteiger partial charge on any atom is -0.478 e. The van der Waals surface area contributed by atoms with Crippen molar-refractivity contribution in [3.63, 3.8) is 0 Å². The van der Waals surface area contributed by atoms with Gasteiger partial charge in [0.15, 0.2) is 0 Å². The number of rotatable bonds is 12. The van der Waals surface area contributed by atoms with Crippen LogP contribution in [0, 0.1) is 16.7 Å². The number of hydrogen-bond acceptors (Lipinski definition) is 9. The molecule has 0 amide bonds. The van der Waals surface area contributed by atoms with E-state index in [-0.39, 0.29) is 24.4 Å². The molecule has 0 aliphatic heterocycles. The Morgan fingerprint density at radius 3 is 1.69 bits per heavy atom. The average Bonchev–Trinajstić information content (AvgIpc) is 2.72. The third-order valence-corrected chi connectivity index (χ3v) is 4.55. The number of aliphatic carboxylic acids is 1. The fourth-order valence-corrected chi connectivity index (χ4v) is 1.90. The summed E-state index contributed by atoms with van der Waals surface area (Å²) in [6.07, 6.45) is 1.30. The molecule has 7 N–H and O–H groups in total. The van der Waals surface area contributed by atoms with Crippen LogP contribution in [-0.4, -0.2) is 93.9 Å². The zero-order chi connectivity index (χ0) is 23.3. The number of carboxylic acid groups (broad SMARTS) is 1. The van der Waals surface area contributed by atoms with Crippen molar-refractivity contribution < 1.29 is 50.1 Å². The first-order valence-corrected chi connectivity index (χ1v) is 8.85. The van der Waals surface area contributed by atoms with E-state index in [4.69, 9.17) is 30.3 Å². The van der Waals surface area contributed by atoms with Crippen LogP contribution in [0.5, 0.6) is 0 Å². The molecule has 0 aromatic rings. The van der Waals surface area contributed by atoms with Gasteiger partial charge in [-0.05, 0) is 19.8 Å². The van der Waals surface area contributed by atoms with Crippen LogP contribution in [0.1, 0.15) is 20.8 Å². The summed E-state index contributed by atoms with van der Waals surface area (Å²) in [5.41, 5.74) is -1.99. The van der Waals surface area contributed by atoms with Crippen molar-refractivity contribution in [1.82, 2.24) is 0 Å². The van der Waals surface area contributed by atoms with Crippen LogP contribution in [0.15, 0.2) is 23.8 Å². The SMILES string of the molecule is C=C(C)C(=O)OCC(CO)(CO)CO.CC(=CC(CO)(CO)C(C)CO)C(=O)O. The van der Waals surface area contributed by atoms with Gasteiger partial charge in [0.1, 0.15) is 6.61 Å². The first-order chi connectivity index (χ1) is 13.4. The van der Waals surface area contributed by atoms with Crippen LogP contribution in [0.4, 0.5) is 0 Å². The molecule has 0 aromatic carbocycles. The third-order valence-electron chi connectivity index (χ3n) is 4.55. The van der Waals surface area contributed by atoms with E-state index in [0.717, 1.165) is 0 Å². The number of carboxylic acids is 1. The molecule has 170 valence electrons. The van der Waals surface area contributed by atoms with Crippen molar-refractivity contribution in [1.29, 1.82) is 0 Å². The Balaban J connectivity index is 0. The van der Waals surface area contributed by atoms with E-state index < -0.39 is 61.7 Å². The molecule has 1 unspecified atom stereocenters. The molecule has 29 heavy (non-hydrogen) atoms. The molecule has 0 spiro atoms. The van der Waals surface area contributed by atoms with E-state index in [1.807, 2.05) is 0 Å². The molecule has 0 aliphatic carbocycles. The van der Waals surface area contributed by atoms with Gasteiger partial charge < -0.3 is 40.5 Å². The largest absolute Gasteiger partial charge is 0.478 e. The fourth-order valence-electron chi connectivity index (χ4n) is 1.90. The smallest absolute Gasteiger partial charge is 0.333 e. The van der Waals surface area contributed by atoms with Gasteiger partial charge in [-0.15, -0.1) is 0 Å². The lowest BCUT2D eigenvalue weighted by Gasteiger charge is -2.32. The molecule has 0 saturated carbocycles. The molecule has 0 radical (unpaired) electrons. The van der Waals surface area contributed by atoms with Crippen LogP contribution in [0.25, 0.3) is 0 Å². The van der Waals surface area contributed by atoms with Crippen molar-refractivity contribution >= 4 is 11.9 Å². The summed E-state index contributed by atoms with van der Waals surface area (Å²) in [6, 6.07) is 0. The van der Waals surface area contributed by atoms with E-state index in [2.05, 4.69) is 6.58 Å². The zero-order valence-electron chi connectivity index (χ0n) is 17.2. The first-order valence-electron chi connectivity index (χ1n) is 8.85. The van der Waals surface area contributed by atoms with Crippen LogP contribution in [0.2, 0.25) is 0 Å². The number of esters is 1. The first kappa shape index (κ1) is 29.4. The maximum Gasteiger partial charge on any atom is 0.333 e. The number of hydrogen-bond donors (Lipinski definition) is 7. The molecule has 0 bridgehead atoms. The molecule has 0 aromatic heterocycles. The van der Waals surface area contributed by atoms with E-state index in [1.54, 1.807) is 6.92 Å². The average molecular weight is 422 g/mol. The third kappa shape index (κ3) is 9.48. The van der Waals surface area contributed by atoms with Crippen molar-refractivity contribution in [2.24, 2.45) is 16.7 Å². The molecule has 10 heteroatoms. The lowest BCUT2D eigenvalue weighted by Crippen LogP contribution is -2.39. The van der Waals surface area contributed by atoms with Crippen LogP contribution >= 0.6 is 0 Å². The van der Waals surface area contributed by atoms with Gasteiger partial charge in [-0.25, -0.2) is 9.59 Å². The second-order valence-electron chi connectivity index (χ2n) is 7.10. The quantitative estimate of drug-likeness (QED) is 0.147. The van der Waals surface area contributed by atoms with Gasteiger partial charge in [-0.3, -0.25) is 0 Å². The van der Waals surface area contributed by atoms with Gasteiger partial charge in [0, 0.05) is 23.2 Å². The summed E-state index contributed by atoms with van der Waals surface area (Å²) in [4.78, 5) is 21.6. The summed E-state index contributed by atoms with van der Waals surface area (Å²) in [6.45, 7) is 5.23. The predicted octanol–water partition coefficient (Wildman–Crippen LogP) is -1.31. The highest BCUT2D eigenvalue weighted by atomic mass is 16.5. The van der Waals surface area contributed by atoms with Gasteiger partial charge in [0.25, 0.3) is 0 Å². The number of carbonyl (C=O) groups is 2. The standard InChI is InChI=1S/C10H18O5.C9H16O5/c1-7(9(14)15)3-10(5-12,6-13)8(2)4-11;1-7(2)8(13)14-6-9(3-10,4-11)5-12/h3,8,11-13H,4-6H2,1-2H3,(H,14,15);10-12H,1,3-6H2,2H3. The van der Waals surface area contributed by atoms with Gasteiger partial charge in [-0.1, -0.05) is 19.6 Å². The van der Waals surface area contributed by atoms with Crippen molar-refractivity contribution in [2.75, 3.05) is 46.2 Å². The molecule has 0 rings (SSSR count). The van der Waals surface area contributed by atoms with Gasteiger partial charge in [-0.2, -0.15) is 0 Å². The molecule has 0 saturated heterocycles. The Morgan fingerprint density at radius 2 is 1.41 bits per heavy atom. The number of ether oxygens (including phenoxy) is 1. The maximum atomic E-state index is 11.0. The fraction of sp³-hybridized carbons (Fsp3) is 0.684. The van der Waals surface area contributed by atoms with Crippen molar-refractivity contribution in [2.45, 2.75) is 20.8 Å². The monoisotopic (exact) mass is 422 g/mol. The second kappa shape index (κ2) is 14.2. The Bertz CT molecular complexity index is 539.